The van der Waals surface area contributed by atoms with Crippen LogP contribution < -0.4 is 10.5 Å². The van der Waals surface area contributed by atoms with Crippen LogP contribution in [0.5, 0.6) is 0 Å². The van der Waals surface area contributed by atoms with E-state index in [-0.39, 0.29) is 10.6 Å². The molecule has 3 N–H and O–H groups in total. The highest BCUT2D eigenvalue weighted by Crippen LogP contribution is 2.22. The Hall–Kier alpha value is -1.18. The molecule has 0 saturated carbocycles. The van der Waals surface area contributed by atoms with Crippen LogP contribution in [0.2, 0.25) is 0 Å². The predicted molar refractivity (Wildman–Crippen MR) is 80.8 cm³/mol. The highest BCUT2D eigenvalue weighted by molar-refractivity contribution is 7.89. The second-order valence-corrected chi connectivity index (χ2v) is 7.12. The number of para-hydroxylation sites is 1. The van der Waals surface area contributed by atoms with E-state index in [1.807, 2.05) is 0 Å². The van der Waals surface area contributed by atoms with Crippen LogP contribution in [0.15, 0.2) is 23.1 Å². The summed E-state index contributed by atoms with van der Waals surface area (Å²) in [5, 5.41) is 0. The number of sulfonamides is 1. The third kappa shape index (κ3) is 3.93. The maximum absolute atomic E-state index is 13.4. The molecule has 1 fully saturated rings. The molecular weight excluding hydrogens is 293 g/mol. The summed E-state index contributed by atoms with van der Waals surface area (Å²) in [4.78, 5) is 2.16. The lowest BCUT2D eigenvalue weighted by Gasteiger charge is -2.31. The first-order chi connectivity index (χ1) is 9.94. The fraction of sp³-hybridized carbons (Fsp3) is 0.571. The maximum Gasteiger partial charge on any atom is 0.242 e. The highest BCUT2D eigenvalue weighted by atomic mass is 32.2. The van der Waals surface area contributed by atoms with Gasteiger partial charge in [0.1, 0.15) is 10.7 Å². The Labute approximate surface area is 125 Å². The number of likely N-dealkylation sites (tertiary alicyclic amines) is 1. The van der Waals surface area contributed by atoms with Gasteiger partial charge in [-0.05, 0) is 50.5 Å². The van der Waals surface area contributed by atoms with Crippen LogP contribution >= 0.6 is 0 Å². The first-order valence-electron chi connectivity index (χ1n) is 7.20. The molecule has 1 aliphatic heterocycles. The number of hydrogen-bond acceptors (Lipinski definition) is 4. The zero-order valence-corrected chi connectivity index (χ0v) is 13.0. The summed E-state index contributed by atoms with van der Waals surface area (Å²) in [7, 11) is -3.76. The molecule has 5 nitrogen and oxygen atoms in total. The Bertz CT molecular complexity index is 584. The zero-order chi connectivity index (χ0) is 15.5. The van der Waals surface area contributed by atoms with Gasteiger partial charge in [-0.1, -0.05) is 13.0 Å². The lowest BCUT2D eigenvalue weighted by Crippen LogP contribution is -2.38. The van der Waals surface area contributed by atoms with Crippen molar-refractivity contribution in [2.45, 2.75) is 24.7 Å². The van der Waals surface area contributed by atoms with Gasteiger partial charge in [-0.25, -0.2) is 17.5 Å². The van der Waals surface area contributed by atoms with E-state index in [0.717, 1.165) is 38.5 Å². The number of nitrogen functional groups attached to an aromatic ring is 1. The minimum atomic E-state index is -3.76. The number of anilines is 1. The molecule has 118 valence electrons. The minimum Gasteiger partial charge on any atom is -0.395 e. The molecule has 0 amide bonds. The fourth-order valence-corrected chi connectivity index (χ4v) is 3.82. The molecule has 7 heteroatoms. The maximum atomic E-state index is 13.4. The van der Waals surface area contributed by atoms with E-state index < -0.39 is 15.8 Å². The summed E-state index contributed by atoms with van der Waals surface area (Å²) in [5.74, 6) is -0.397. The second kappa shape index (κ2) is 6.72. The van der Waals surface area contributed by atoms with Gasteiger partial charge >= 0.3 is 0 Å². The Morgan fingerprint density at radius 3 is 2.67 bits per heavy atom. The van der Waals surface area contributed by atoms with Crippen molar-refractivity contribution in [1.82, 2.24) is 9.62 Å². The number of piperidine rings is 1. The molecule has 0 radical (unpaired) electrons. The van der Waals surface area contributed by atoms with Crippen molar-refractivity contribution >= 4 is 15.7 Å². The Morgan fingerprint density at radius 1 is 1.38 bits per heavy atom. The lowest BCUT2D eigenvalue weighted by atomic mass is 9.97. The summed E-state index contributed by atoms with van der Waals surface area (Å²) >= 11 is 0. The lowest BCUT2D eigenvalue weighted by molar-refractivity contribution is 0.194. The SMILES string of the molecule is CCN1CCC(CNS(=O)(=O)c2cccc(F)c2N)CC1. The Morgan fingerprint density at radius 2 is 2.05 bits per heavy atom. The quantitative estimate of drug-likeness (QED) is 0.806. The molecule has 1 aromatic rings. The van der Waals surface area contributed by atoms with Crippen molar-refractivity contribution in [3.8, 4) is 0 Å². The van der Waals surface area contributed by atoms with Crippen LogP contribution in [0.1, 0.15) is 19.8 Å². The summed E-state index contributed by atoms with van der Waals surface area (Å²) in [6.45, 7) is 5.50. The zero-order valence-electron chi connectivity index (χ0n) is 12.2. The Kier molecular flexibility index (Phi) is 5.18. The van der Waals surface area contributed by atoms with Gasteiger partial charge in [-0.2, -0.15) is 0 Å². The van der Waals surface area contributed by atoms with Gasteiger partial charge in [0.2, 0.25) is 10.0 Å². The highest BCUT2D eigenvalue weighted by Gasteiger charge is 2.23. The van der Waals surface area contributed by atoms with Crippen molar-refractivity contribution < 1.29 is 12.8 Å². The number of nitrogens with one attached hydrogen (secondary N) is 1. The standard InChI is InChI=1S/C14H22FN3O2S/c1-2-18-8-6-11(7-9-18)10-17-21(19,20)13-5-3-4-12(15)14(13)16/h3-5,11,17H,2,6-10,16H2,1H3. The van der Waals surface area contributed by atoms with Crippen molar-refractivity contribution in [3.63, 3.8) is 0 Å². The van der Waals surface area contributed by atoms with Gasteiger partial charge < -0.3 is 10.6 Å². The second-order valence-electron chi connectivity index (χ2n) is 5.38. The topological polar surface area (TPSA) is 75.4 Å². The van der Waals surface area contributed by atoms with Crippen LogP contribution in [-0.2, 0) is 10.0 Å². The average Bonchev–Trinajstić information content (AvgIpc) is 2.48. The van der Waals surface area contributed by atoms with E-state index in [2.05, 4.69) is 16.5 Å². The molecular formula is C14H22FN3O2S. The number of halogens is 1. The van der Waals surface area contributed by atoms with Crippen molar-refractivity contribution in [2.24, 2.45) is 5.92 Å². The number of nitrogens with zero attached hydrogens (tertiary/aromatic N) is 1. The number of benzene rings is 1. The molecule has 1 aliphatic rings. The first-order valence-corrected chi connectivity index (χ1v) is 8.68. The molecule has 0 unspecified atom stereocenters. The molecule has 0 spiro atoms. The van der Waals surface area contributed by atoms with Crippen LogP contribution in [0.4, 0.5) is 10.1 Å². The molecule has 0 aromatic heterocycles. The predicted octanol–water partition coefficient (Wildman–Crippen LogP) is 1.42. The van der Waals surface area contributed by atoms with Crippen molar-refractivity contribution in [1.29, 1.82) is 0 Å². The monoisotopic (exact) mass is 315 g/mol. The van der Waals surface area contributed by atoms with Gasteiger partial charge in [0.15, 0.2) is 0 Å². The van der Waals surface area contributed by atoms with E-state index in [1.165, 1.54) is 12.1 Å². The molecule has 1 aromatic carbocycles. The molecule has 21 heavy (non-hydrogen) atoms. The third-order valence-electron chi connectivity index (χ3n) is 4.02. The van der Waals surface area contributed by atoms with Gasteiger partial charge in [0, 0.05) is 6.54 Å². The van der Waals surface area contributed by atoms with Crippen molar-refractivity contribution in [3.05, 3.63) is 24.0 Å². The number of nitrogens with two attached hydrogens (primary N) is 1. The van der Waals surface area contributed by atoms with Crippen LogP contribution in [0.25, 0.3) is 0 Å². The molecule has 0 atom stereocenters. The smallest absolute Gasteiger partial charge is 0.242 e. The van der Waals surface area contributed by atoms with Crippen molar-refractivity contribution in [2.75, 3.05) is 31.9 Å². The van der Waals surface area contributed by atoms with E-state index in [4.69, 9.17) is 5.73 Å². The van der Waals surface area contributed by atoms with Crippen LogP contribution in [0.3, 0.4) is 0 Å². The fourth-order valence-electron chi connectivity index (χ4n) is 2.56. The van der Waals surface area contributed by atoms with Gasteiger partial charge in [0.25, 0.3) is 0 Å². The largest absolute Gasteiger partial charge is 0.395 e. The van der Waals surface area contributed by atoms with E-state index in [9.17, 15) is 12.8 Å². The minimum absolute atomic E-state index is 0.187. The number of hydrogen-bond donors (Lipinski definition) is 2. The third-order valence-corrected chi connectivity index (χ3v) is 5.50. The first kappa shape index (κ1) is 16.2. The van der Waals surface area contributed by atoms with E-state index in [1.54, 1.807) is 0 Å². The normalized spacial score (nSPS) is 18.0. The summed E-state index contributed by atoms with van der Waals surface area (Å²) in [5.41, 5.74) is 5.18. The molecule has 0 aliphatic carbocycles. The number of rotatable bonds is 5. The van der Waals surface area contributed by atoms with Gasteiger partial charge in [-0.3, -0.25) is 0 Å². The molecule has 1 heterocycles. The molecule has 1 saturated heterocycles. The summed E-state index contributed by atoms with van der Waals surface area (Å²) < 4.78 is 40.3. The summed E-state index contributed by atoms with van der Waals surface area (Å²) in [6.07, 6.45) is 1.93. The Balaban J connectivity index is 1.98. The van der Waals surface area contributed by atoms with Crippen LogP contribution in [-0.4, -0.2) is 39.5 Å². The van der Waals surface area contributed by atoms with E-state index >= 15 is 0 Å². The van der Waals surface area contributed by atoms with Gasteiger partial charge in [0.05, 0.1) is 5.69 Å². The average molecular weight is 315 g/mol. The van der Waals surface area contributed by atoms with Crippen LogP contribution in [0, 0.1) is 11.7 Å². The molecule has 0 bridgehead atoms. The summed E-state index contributed by atoms with van der Waals surface area (Å²) in [6, 6.07) is 3.81. The molecule has 2 rings (SSSR count). The van der Waals surface area contributed by atoms with E-state index in [0.29, 0.717) is 12.5 Å². The van der Waals surface area contributed by atoms with Gasteiger partial charge in [-0.15, -0.1) is 0 Å².